The lowest BCUT2D eigenvalue weighted by Crippen LogP contribution is -2.63. The monoisotopic (exact) mass is 1280 g/mol. The van der Waals surface area contributed by atoms with Crippen molar-refractivity contribution in [1.29, 1.82) is 0 Å². The number of aliphatic hydroxyl groups is 1. The molecule has 0 radical (unpaired) electrons. The van der Waals surface area contributed by atoms with Crippen LogP contribution in [0.2, 0.25) is 5.02 Å². The Bertz CT molecular complexity index is 2880. The number of halogens is 5. The number of nitrogens with two attached hydrogens (primary N) is 1. The average molecular weight is 1280 g/mol. The molecule has 2 aromatic carbocycles. The Kier molecular flexibility index (Phi) is 24.6. The van der Waals surface area contributed by atoms with Gasteiger partial charge in [0.25, 0.3) is 0 Å². The number of hydrogen-bond donors (Lipinski definition) is 9. The number of anilines is 3. The predicted molar refractivity (Wildman–Crippen MR) is 313 cm³/mol. The molecule has 5 rings (SSSR count). The molecule has 9 atom stereocenters. The van der Waals surface area contributed by atoms with Gasteiger partial charge < -0.3 is 66.0 Å². The van der Waals surface area contributed by atoms with Crippen molar-refractivity contribution in [2.75, 3.05) is 55.2 Å². The number of nitrogens with one attached hydrogen (secondary N) is 7. The van der Waals surface area contributed by atoms with Crippen LogP contribution in [0.15, 0.2) is 66.3 Å². The smallest absolute Gasteiger partial charge is 0.418 e. The SMILES string of the molecule is C=C(CBr)C(=O)NCCCCCC(=O)N[C@H](C(=O)N[C@@H](CCCNC(N)=O)C(=O)Nc1ccc(NC(=O)O[C@H]2CC(=O)N(C)c3cc(cc(OC)c3Cl)C/C(C)=C/C=C/[C@@H](OC)[C@@]3(O)C[C@H](OC(=O)N3)[C@@H](C)[C@@H]3O[C@@]23C)c(C(F)(F)F)c1)C(C)C. The van der Waals surface area contributed by atoms with E-state index >= 15 is 13.2 Å². The largest absolute Gasteiger partial charge is 0.495 e. The Morgan fingerprint density at radius 2 is 1.72 bits per heavy atom. The van der Waals surface area contributed by atoms with Gasteiger partial charge in [-0.2, -0.15) is 13.2 Å². The quantitative estimate of drug-likeness (QED) is 0.0247. The lowest BCUT2D eigenvalue weighted by atomic mass is 9.83. The predicted octanol–water partition coefficient (Wildman–Crippen LogP) is 7.03. The fourth-order valence-corrected chi connectivity index (χ4v) is 10.4. The number of epoxide rings is 1. The summed E-state index contributed by atoms with van der Waals surface area (Å²) in [5, 5.41) is 29.6. The van der Waals surface area contributed by atoms with Crippen molar-refractivity contribution < 1.29 is 80.3 Å². The first-order valence-corrected chi connectivity index (χ1v) is 29.0. The van der Waals surface area contributed by atoms with Crippen LogP contribution in [0, 0.1) is 11.8 Å². The lowest BCUT2D eigenvalue weighted by molar-refractivity contribution is -0.142. The molecule has 2 fully saturated rings. The number of carbonyl (C=O) groups excluding carboxylic acids is 8. The lowest BCUT2D eigenvalue weighted by Gasteiger charge is -2.42. The van der Waals surface area contributed by atoms with E-state index in [9.17, 15) is 43.5 Å². The third-order valence-electron chi connectivity index (χ3n) is 14.7. The number of urea groups is 1. The van der Waals surface area contributed by atoms with Crippen LogP contribution >= 0.6 is 27.5 Å². The van der Waals surface area contributed by atoms with E-state index in [1.807, 2.05) is 6.92 Å². The molecule has 0 saturated carbocycles. The van der Waals surface area contributed by atoms with Gasteiger partial charge in [0, 0.05) is 62.6 Å². The van der Waals surface area contributed by atoms with Crippen LogP contribution in [0.25, 0.3) is 0 Å². The third kappa shape index (κ3) is 19.0. The molecule has 3 aliphatic heterocycles. The van der Waals surface area contributed by atoms with E-state index in [4.69, 9.17) is 41.0 Å². The number of ether oxygens (including phenoxy) is 5. The van der Waals surface area contributed by atoms with E-state index in [-0.39, 0.29) is 54.6 Å². The van der Waals surface area contributed by atoms with Crippen molar-refractivity contribution >= 4 is 92.3 Å². The molecule has 2 saturated heterocycles. The summed E-state index contributed by atoms with van der Waals surface area (Å²) in [6.07, 6.45) is -6.26. The summed E-state index contributed by atoms with van der Waals surface area (Å²) in [6, 6.07) is 2.35. The molecule has 3 aliphatic rings. The topological polar surface area (TPSA) is 320 Å². The van der Waals surface area contributed by atoms with Crippen molar-refractivity contribution in [3.05, 3.63) is 82.4 Å². The summed E-state index contributed by atoms with van der Waals surface area (Å²) < 4.78 is 74.0. The van der Waals surface area contributed by atoms with Gasteiger partial charge in [0.1, 0.15) is 46.8 Å². The van der Waals surface area contributed by atoms with E-state index in [2.05, 4.69) is 59.7 Å². The normalized spacial score (nSPS) is 24.1. The van der Waals surface area contributed by atoms with Crippen molar-refractivity contribution in [3.63, 3.8) is 0 Å². The Hall–Kier alpha value is -6.94. The second-order valence-corrected chi connectivity index (χ2v) is 22.6. The maximum atomic E-state index is 15.0. The number of fused-ring (bicyclic) bond motifs is 5. The Morgan fingerprint density at radius 1 is 1.01 bits per heavy atom. The summed E-state index contributed by atoms with van der Waals surface area (Å²) >= 11 is 9.96. The number of nitrogens with zero attached hydrogens (tertiary/aromatic N) is 1. The fourth-order valence-electron chi connectivity index (χ4n) is 9.87. The van der Waals surface area contributed by atoms with Crippen molar-refractivity contribution in [2.45, 2.75) is 146 Å². The Balaban J connectivity index is 1.38. The molecule has 0 aliphatic carbocycles. The van der Waals surface area contributed by atoms with Gasteiger partial charge in [-0.25, -0.2) is 14.4 Å². The van der Waals surface area contributed by atoms with Gasteiger partial charge in [-0.3, -0.25) is 34.6 Å². The van der Waals surface area contributed by atoms with Crippen LogP contribution in [0.4, 0.5) is 44.6 Å². The number of alkyl carbamates (subject to hydrolysis) is 1. The van der Waals surface area contributed by atoms with Crippen molar-refractivity contribution in [3.8, 4) is 5.75 Å². The zero-order chi connectivity index (χ0) is 63.1. The zero-order valence-electron chi connectivity index (χ0n) is 48.6. The number of allylic oxidation sites excluding steroid dienone is 3. The molecule has 0 aromatic heterocycles. The first-order chi connectivity index (χ1) is 39.9. The molecule has 10 N–H and O–H groups in total. The first kappa shape index (κ1) is 68.8. The third-order valence-corrected chi connectivity index (χ3v) is 15.8. The number of unbranched alkanes of at least 4 members (excludes halogenated alkanes) is 2. The molecule has 468 valence electrons. The standard InChI is InChI=1S/C57H76BrClF3N9O14/c1-30(2)47(69-44(72)18-11-10-12-21-64-49(74)32(4)29-58)51(76)67-38(16-14-22-65-52(63)77)50(75)66-35-19-20-37(36(26-35)57(60,61)62)68-53(78)84-43-27-45(73)71(7)39-24-34(25-40(81-8)46(39)59)23-31(3)15-13-17-42(82-9)56(80)28-41(83-54(79)70-56)33(5)48-55(43,6)85-48/h13,15,17,19-20,24-26,30,33,38,41-43,47-48,80H,4,10-12,14,16,18,21-23,27-29H2,1-3,5-9H3,(H,64,74)(H,66,75)(H,67,76)(H,68,78)(H,69,72)(H,70,79)(H3,63,65,77)/b17-13+,31-15+/t33-,38+,41+,42-,43+,47+,48+,55+,56+/m1/s1. The van der Waals surface area contributed by atoms with Gasteiger partial charge in [0.05, 0.1) is 36.6 Å². The average Bonchev–Trinajstić information content (AvgIpc) is 1.76. The van der Waals surface area contributed by atoms with Gasteiger partial charge >= 0.3 is 24.4 Å². The van der Waals surface area contributed by atoms with Crippen LogP contribution in [-0.2, 0) is 55.5 Å². The number of carbonyl (C=O) groups is 8. The summed E-state index contributed by atoms with van der Waals surface area (Å²) in [5.41, 5.74) is 1.01. The van der Waals surface area contributed by atoms with Gasteiger partial charge in [-0.05, 0) is 87.8 Å². The van der Waals surface area contributed by atoms with Crippen LogP contribution in [0.3, 0.4) is 0 Å². The molecular weight excluding hydrogens is 1210 g/mol. The Labute approximate surface area is 504 Å². The second-order valence-electron chi connectivity index (χ2n) is 21.7. The zero-order valence-corrected chi connectivity index (χ0v) is 50.9. The molecule has 23 nitrogen and oxygen atoms in total. The van der Waals surface area contributed by atoms with Crippen LogP contribution in [-0.4, -0.2) is 140 Å². The molecule has 4 bridgehead atoms. The number of rotatable bonds is 22. The summed E-state index contributed by atoms with van der Waals surface area (Å²) in [7, 11) is 4.17. The summed E-state index contributed by atoms with van der Waals surface area (Å²) in [5.74, 6) is -4.23. The van der Waals surface area contributed by atoms with Gasteiger partial charge in [-0.1, -0.05) is 85.1 Å². The number of benzene rings is 2. The fraction of sp³-hybridized carbons (Fsp3) is 0.544. The van der Waals surface area contributed by atoms with Crippen LogP contribution in [0.5, 0.6) is 5.75 Å². The van der Waals surface area contributed by atoms with E-state index in [0.29, 0.717) is 54.8 Å². The Morgan fingerprint density at radius 3 is 2.36 bits per heavy atom. The highest BCUT2D eigenvalue weighted by Gasteiger charge is 2.64. The summed E-state index contributed by atoms with van der Waals surface area (Å²) in [4.78, 5) is 107. The summed E-state index contributed by atoms with van der Waals surface area (Å²) in [6.45, 7) is 12.3. The highest BCUT2D eigenvalue weighted by atomic mass is 79.9. The van der Waals surface area contributed by atoms with E-state index < -0.39 is 131 Å². The van der Waals surface area contributed by atoms with Gasteiger partial charge in [0.2, 0.25) is 29.5 Å². The van der Waals surface area contributed by atoms with Gasteiger partial charge in [-0.15, -0.1) is 0 Å². The van der Waals surface area contributed by atoms with E-state index in [1.54, 1.807) is 51.1 Å². The maximum absolute atomic E-state index is 15.0. The molecule has 28 heteroatoms. The second kappa shape index (κ2) is 30.4. The number of hydrogen-bond acceptors (Lipinski definition) is 14. The van der Waals surface area contributed by atoms with Crippen molar-refractivity contribution in [1.82, 2.24) is 26.6 Å². The van der Waals surface area contributed by atoms with Crippen LogP contribution in [0.1, 0.15) is 97.1 Å². The number of methoxy groups -OCH3 is 2. The minimum Gasteiger partial charge on any atom is -0.495 e. The molecule has 0 unspecified atom stereocenters. The molecule has 0 spiro atoms. The highest BCUT2D eigenvalue weighted by Crippen LogP contribution is 2.49. The minimum atomic E-state index is -5.18. The van der Waals surface area contributed by atoms with Gasteiger partial charge in [0.15, 0.2) is 5.72 Å². The molecular formula is C57H76BrClF3N9O14. The molecule has 3 heterocycles. The molecule has 85 heavy (non-hydrogen) atoms. The van der Waals surface area contributed by atoms with Crippen LogP contribution < -0.4 is 52.6 Å². The minimum absolute atomic E-state index is 0.0380. The molecule has 2 aromatic rings. The number of amides is 9. The maximum Gasteiger partial charge on any atom is 0.418 e. The number of alkyl halides is 4. The number of primary amides is 1. The highest BCUT2D eigenvalue weighted by molar-refractivity contribution is 9.09. The molecule has 9 amide bonds. The van der Waals surface area contributed by atoms with E-state index in [0.717, 1.165) is 17.7 Å². The van der Waals surface area contributed by atoms with E-state index in [1.165, 1.54) is 33.1 Å². The first-order valence-electron chi connectivity index (χ1n) is 27.5. The van der Waals surface area contributed by atoms with Crippen molar-refractivity contribution in [2.24, 2.45) is 17.6 Å².